The summed E-state index contributed by atoms with van der Waals surface area (Å²) in [7, 11) is 0. The van der Waals surface area contributed by atoms with Gasteiger partial charge in [0.2, 0.25) is 5.91 Å². The summed E-state index contributed by atoms with van der Waals surface area (Å²) in [6, 6.07) is 6.90. The van der Waals surface area contributed by atoms with Crippen LogP contribution in [0.1, 0.15) is 46.0 Å². The molecule has 1 aromatic rings. The lowest BCUT2D eigenvalue weighted by atomic mass is 9.44. The summed E-state index contributed by atoms with van der Waals surface area (Å²) in [6.45, 7) is 4.51. The van der Waals surface area contributed by atoms with E-state index in [0.717, 1.165) is 32.1 Å². The number of carbonyl (C=O) groups is 2. The van der Waals surface area contributed by atoms with E-state index in [2.05, 4.69) is 24.5 Å². The van der Waals surface area contributed by atoms with Gasteiger partial charge >= 0.3 is 0 Å². The Balaban J connectivity index is 1.13. The Morgan fingerprint density at radius 3 is 2.07 bits per heavy atom. The Kier molecular flexibility index (Phi) is 4.82. The van der Waals surface area contributed by atoms with E-state index in [1.807, 2.05) is 0 Å². The maximum Gasteiger partial charge on any atom is 0.258 e. The zero-order valence-corrected chi connectivity index (χ0v) is 17.1. The largest absolute Gasteiger partial charge is 0.484 e. The third kappa shape index (κ3) is 4.13. The van der Waals surface area contributed by atoms with E-state index >= 15 is 0 Å². The van der Waals surface area contributed by atoms with Crippen LogP contribution in [0.5, 0.6) is 5.75 Å². The molecule has 0 saturated heterocycles. The SMILES string of the molecule is CC1(C)CC(OCC(=O)NC23CC(NC(=O)COc4ccc(Cl)cc4)(C2)C3)C1. The van der Waals surface area contributed by atoms with Gasteiger partial charge in [0.15, 0.2) is 6.61 Å². The maximum absolute atomic E-state index is 12.1. The third-order valence-electron chi connectivity index (χ3n) is 6.03. The molecular formula is C21H27ClN2O4. The molecule has 0 unspecified atom stereocenters. The van der Waals surface area contributed by atoms with Crippen LogP contribution in [0.2, 0.25) is 5.02 Å². The minimum atomic E-state index is -0.188. The number of amides is 2. The second-order valence-electron chi connectivity index (χ2n) is 9.44. The molecule has 1 aromatic carbocycles. The van der Waals surface area contributed by atoms with E-state index in [0.29, 0.717) is 16.2 Å². The van der Waals surface area contributed by atoms with Gasteiger partial charge in [-0.2, -0.15) is 0 Å². The van der Waals surface area contributed by atoms with Gasteiger partial charge in [0.05, 0.1) is 6.10 Å². The standard InChI is InChI=1S/C21H27ClN2O4/c1-19(2)7-16(8-19)28-10-18(26)24-21-11-20(12-21,13-21)23-17(25)9-27-15-5-3-14(22)4-6-15/h3-6,16H,7-13H2,1-2H3,(H,23,25)(H,24,26). The molecule has 4 saturated carbocycles. The molecule has 0 atom stereocenters. The molecule has 28 heavy (non-hydrogen) atoms. The summed E-state index contributed by atoms with van der Waals surface area (Å²) in [5.74, 6) is 0.400. The summed E-state index contributed by atoms with van der Waals surface area (Å²) in [5.41, 5.74) is -0.00687. The van der Waals surface area contributed by atoms with Crippen LogP contribution in [0.4, 0.5) is 0 Å². The van der Waals surface area contributed by atoms with Crippen LogP contribution in [-0.4, -0.2) is 42.2 Å². The minimum Gasteiger partial charge on any atom is -0.484 e. The first kappa shape index (κ1) is 19.5. The first-order valence-electron chi connectivity index (χ1n) is 9.79. The quantitative estimate of drug-likeness (QED) is 0.696. The second-order valence-corrected chi connectivity index (χ2v) is 9.87. The Labute approximate surface area is 170 Å². The zero-order valence-electron chi connectivity index (χ0n) is 16.3. The van der Waals surface area contributed by atoms with Crippen LogP contribution in [0.15, 0.2) is 24.3 Å². The Bertz CT molecular complexity index is 749. The van der Waals surface area contributed by atoms with Gasteiger partial charge < -0.3 is 20.1 Å². The highest BCUT2D eigenvalue weighted by Crippen LogP contribution is 2.60. The van der Waals surface area contributed by atoms with Crippen LogP contribution < -0.4 is 15.4 Å². The molecule has 4 aliphatic rings. The van der Waals surface area contributed by atoms with Crippen molar-refractivity contribution in [1.82, 2.24) is 10.6 Å². The molecule has 0 aliphatic heterocycles. The van der Waals surface area contributed by atoms with Gasteiger partial charge in [-0.05, 0) is 61.8 Å². The van der Waals surface area contributed by atoms with Crippen molar-refractivity contribution in [3.8, 4) is 5.75 Å². The van der Waals surface area contributed by atoms with E-state index < -0.39 is 0 Å². The highest BCUT2D eigenvalue weighted by molar-refractivity contribution is 6.30. The number of halogens is 1. The second kappa shape index (κ2) is 6.92. The predicted molar refractivity (Wildman–Crippen MR) is 105 cm³/mol. The van der Waals surface area contributed by atoms with Crippen molar-refractivity contribution in [1.29, 1.82) is 0 Å². The summed E-state index contributed by atoms with van der Waals surface area (Å²) >= 11 is 5.83. The first-order valence-corrected chi connectivity index (χ1v) is 10.2. The smallest absolute Gasteiger partial charge is 0.258 e. The Morgan fingerprint density at radius 1 is 1.00 bits per heavy atom. The molecule has 6 nitrogen and oxygen atoms in total. The normalized spacial score (nSPS) is 29.7. The molecule has 5 rings (SSSR count). The summed E-state index contributed by atoms with van der Waals surface area (Å²) in [4.78, 5) is 24.3. The van der Waals surface area contributed by atoms with Crippen molar-refractivity contribution in [2.24, 2.45) is 5.41 Å². The fourth-order valence-electron chi connectivity index (χ4n) is 4.88. The number of hydrogen-bond acceptors (Lipinski definition) is 4. The average molecular weight is 407 g/mol. The highest BCUT2D eigenvalue weighted by Gasteiger charge is 2.69. The van der Waals surface area contributed by atoms with Crippen LogP contribution in [-0.2, 0) is 14.3 Å². The molecule has 2 bridgehead atoms. The summed E-state index contributed by atoms with van der Waals surface area (Å²) < 4.78 is 11.1. The molecular weight excluding hydrogens is 380 g/mol. The van der Waals surface area contributed by atoms with Crippen molar-refractivity contribution in [3.05, 3.63) is 29.3 Å². The highest BCUT2D eigenvalue weighted by atomic mass is 35.5. The third-order valence-corrected chi connectivity index (χ3v) is 6.29. The van der Waals surface area contributed by atoms with E-state index in [1.165, 1.54) is 0 Å². The fraction of sp³-hybridized carbons (Fsp3) is 0.619. The van der Waals surface area contributed by atoms with Crippen LogP contribution >= 0.6 is 11.6 Å². The van der Waals surface area contributed by atoms with Gasteiger partial charge in [-0.15, -0.1) is 0 Å². The number of carbonyl (C=O) groups excluding carboxylic acids is 2. The Hall–Kier alpha value is -1.79. The lowest BCUT2D eigenvalue weighted by Crippen LogP contribution is -2.84. The van der Waals surface area contributed by atoms with Crippen molar-refractivity contribution >= 4 is 23.4 Å². The van der Waals surface area contributed by atoms with Gasteiger partial charge in [0, 0.05) is 16.1 Å². The lowest BCUT2D eigenvalue weighted by molar-refractivity contribution is -0.156. The molecule has 0 spiro atoms. The lowest BCUT2D eigenvalue weighted by Gasteiger charge is -2.70. The number of nitrogens with one attached hydrogen (secondary N) is 2. The van der Waals surface area contributed by atoms with E-state index in [1.54, 1.807) is 24.3 Å². The first-order chi connectivity index (χ1) is 13.2. The maximum atomic E-state index is 12.1. The zero-order chi connectivity index (χ0) is 20.0. The van der Waals surface area contributed by atoms with Crippen molar-refractivity contribution in [3.63, 3.8) is 0 Å². The van der Waals surface area contributed by atoms with Crippen molar-refractivity contribution in [2.45, 2.75) is 63.1 Å². The van der Waals surface area contributed by atoms with Gasteiger partial charge in [0.1, 0.15) is 12.4 Å². The molecule has 4 fully saturated rings. The molecule has 7 heteroatoms. The summed E-state index contributed by atoms with van der Waals surface area (Å²) in [6.07, 6.45) is 4.55. The molecule has 0 heterocycles. The van der Waals surface area contributed by atoms with Crippen molar-refractivity contribution < 1.29 is 19.1 Å². The molecule has 152 valence electrons. The molecule has 2 amide bonds. The predicted octanol–water partition coefficient (Wildman–Crippen LogP) is 2.83. The van der Waals surface area contributed by atoms with Gasteiger partial charge in [0.25, 0.3) is 5.91 Å². The molecule has 2 N–H and O–H groups in total. The number of hydrogen-bond donors (Lipinski definition) is 2. The van der Waals surface area contributed by atoms with Crippen molar-refractivity contribution in [2.75, 3.05) is 13.2 Å². The van der Waals surface area contributed by atoms with E-state index in [4.69, 9.17) is 21.1 Å². The molecule has 0 aromatic heterocycles. The van der Waals surface area contributed by atoms with E-state index in [-0.39, 0.29) is 42.2 Å². The monoisotopic (exact) mass is 406 g/mol. The van der Waals surface area contributed by atoms with Gasteiger partial charge in [-0.25, -0.2) is 0 Å². The summed E-state index contributed by atoms with van der Waals surface area (Å²) in [5, 5.41) is 6.75. The molecule has 4 aliphatic carbocycles. The van der Waals surface area contributed by atoms with E-state index in [9.17, 15) is 9.59 Å². The number of ether oxygens (including phenoxy) is 2. The van der Waals surface area contributed by atoms with Gasteiger partial charge in [-0.1, -0.05) is 25.4 Å². The molecule has 0 radical (unpaired) electrons. The van der Waals surface area contributed by atoms with Crippen LogP contribution in [0.3, 0.4) is 0 Å². The number of benzene rings is 1. The average Bonchev–Trinajstić information content (AvgIpc) is 2.54. The van der Waals surface area contributed by atoms with Gasteiger partial charge in [-0.3, -0.25) is 9.59 Å². The number of rotatable bonds is 8. The topological polar surface area (TPSA) is 76.7 Å². The Morgan fingerprint density at radius 2 is 1.54 bits per heavy atom. The van der Waals surface area contributed by atoms with Crippen LogP contribution in [0, 0.1) is 5.41 Å². The minimum absolute atomic E-state index is 0.0334. The fourth-order valence-corrected chi connectivity index (χ4v) is 5.01. The van der Waals surface area contributed by atoms with Crippen LogP contribution in [0.25, 0.3) is 0 Å².